The Labute approximate surface area is 375 Å². The number of nitrogens with zero attached hydrogens (tertiary/aromatic N) is 9. The number of anilines is 4. The second kappa shape index (κ2) is 17.6. The standard InChI is InChI=1S/C45H43F4N11O4S/c1-4-27-18-36-37(55-38(27)61)17-26(22-51-36)25-56-13-15-57(16-14-56)40(63)28-9-11-58(12-10-28)42-52-23-30(24-53-42)54-39(62)33-8-7-32(20-35(33)46)60-43(65)59(41(64)44(60,2)3)31-6-5-29(21-50)34(19-31)45(47,48)49/h5-8,17-20,22-24,28H,4,9-16,25H2,1-3H3,(H,54,62)(H,55,61). The van der Waals surface area contributed by atoms with Gasteiger partial charge in [-0.1, -0.05) is 6.92 Å². The first-order chi connectivity index (χ1) is 31.0. The minimum atomic E-state index is -4.88. The van der Waals surface area contributed by atoms with Gasteiger partial charge in [0.15, 0.2) is 5.11 Å². The van der Waals surface area contributed by atoms with Crippen LogP contribution in [0.15, 0.2) is 71.9 Å². The quantitative estimate of drug-likeness (QED) is 0.130. The minimum absolute atomic E-state index is 0.0764. The summed E-state index contributed by atoms with van der Waals surface area (Å²) in [7, 11) is 0. The zero-order chi connectivity index (χ0) is 46.4. The van der Waals surface area contributed by atoms with E-state index in [-0.39, 0.29) is 45.1 Å². The van der Waals surface area contributed by atoms with Crippen LogP contribution in [0.3, 0.4) is 0 Å². The highest BCUT2D eigenvalue weighted by Gasteiger charge is 2.51. The molecule has 3 amide bonds. The summed E-state index contributed by atoms with van der Waals surface area (Å²) in [6, 6.07) is 11.7. The Balaban J connectivity index is 0.831. The summed E-state index contributed by atoms with van der Waals surface area (Å²) >= 11 is 5.54. The smallest absolute Gasteiger partial charge is 0.341 e. The number of halogens is 4. The lowest BCUT2D eigenvalue weighted by Crippen LogP contribution is -2.51. The molecule has 0 spiro atoms. The van der Waals surface area contributed by atoms with Crippen LogP contribution in [0.25, 0.3) is 11.0 Å². The van der Waals surface area contributed by atoms with Gasteiger partial charge in [-0.3, -0.25) is 34.0 Å². The number of piperazine rings is 1. The summed E-state index contributed by atoms with van der Waals surface area (Å²) in [6.07, 6.45) is 1.64. The summed E-state index contributed by atoms with van der Waals surface area (Å²) in [5.74, 6) is -2.03. The average molecular weight is 910 g/mol. The van der Waals surface area contributed by atoms with E-state index in [4.69, 9.17) is 12.2 Å². The lowest BCUT2D eigenvalue weighted by Gasteiger charge is -2.38. The van der Waals surface area contributed by atoms with Crippen molar-refractivity contribution in [3.8, 4) is 6.07 Å². The third kappa shape index (κ3) is 8.85. The van der Waals surface area contributed by atoms with Crippen molar-refractivity contribution in [2.75, 3.05) is 59.3 Å². The van der Waals surface area contributed by atoms with Crippen molar-refractivity contribution < 1.29 is 31.9 Å². The first-order valence-electron chi connectivity index (χ1n) is 21.0. The zero-order valence-corrected chi connectivity index (χ0v) is 36.4. The Hall–Kier alpha value is -6.85. The molecule has 65 heavy (non-hydrogen) atoms. The number of H-pyrrole nitrogens is 1. The van der Waals surface area contributed by atoms with E-state index < -0.39 is 40.5 Å². The minimum Gasteiger partial charge on any atom is -0.341 e. The molecule has 3 aliphatic rings. The first kappa shape index (κ1) is 44.7. The number of benzene rings is 2. The molecule has 6 heterocycles. The van der Waals surface area contributed by atoms with Gasteiger partial charge in [0.1, 0.15) is 11.4 Å². The molecule has 0 saturated carbocycles. The van der Waals surface area contributed by atoms with Crippen molar-refractivity contribution in [1.82, 2.24) is 29.7 Å². The van der Waals surface area contributed by atoms with Gasteiger partial charge in [0, 0.05) is 69.2 Å². The number of pyridine rings is 2. The Morgan fingerprint density at radius 1 is 0.938 bits per heavy atom. The number of carbonyl (C=O) groups is 3. The van der Waals surface area contributed by atoms with Gasteiger partial charge in [-0.25, -0.2) is 14.4 Å². The number of aromatic amines is 1. The van der Waals surface area contributed by atoms with Gasteiger partial charge in [0.2, 0.25) is 11.9 Å². The molecule has 0 aliphatic carbocycles. The van der Waals surface area contributed by atoms with Crippen LogP contribution >= 0.6 is 12.2 Å². The lowest BCUT2D eigenvalue weighted by molar-refractivity contribution is -0.138. The highest BCUT2D eigenvalue weighted by molar-refractivity contribution is 7.81. The van der Waals surface area contributed by atoms with E-state index in [2.05, 4.69) is 30.2 Å². The molecule has 0 radical (unpaired) electrons. The van der Waals surface area contributed by atoms with Gasteiger partial charge in [-0.05, 0) is 99.4 Å². The summed E-state index contributed by atoms with van der Waals surface area (Å²) < 4.78 is 56.9. The molecule has 2 N–H and O–H groups in total. The number of carbonyl (C=O) groups excluding carboxylic acids is 3. The average Bonchev–Trinajstić information content (AvgIpc) is 3.47. The molecule has 20 heteroatoms. The van der Waals surface area contributed by atoms with Crippen LogP contribution < -0.4 is 25.6 Å². The summed E-state index contributed by atoms with van der Waals surface area (Å²) in [5.41, 5.74) is -0.540. The molecule has 5 aromatic rings. The molecular formula is C45H43F4N11O4S. The predicted molar refractivity (Wildman–Crippen MR) is 238 cm³/mol. The van der Waals surface area contributed by atoms with Crippen molar-refractivity contribution in [1.29, 1.82) is 5.26 Å². The van der Waals surface area contributed by atoms with Crippen LogP contribution in [0.5, 0.6) is 0 Å². The molecule has 0 atom stereocenters. The number of nitrogens with one attached hydrogen (secondary N) is 2. The number of nitriles is 1. The van der Waals surface area contributed by atoms with Crippen LogP contribution in [-0.2, 0) is 28.7 Å². The van der Waals surface area contributed by atoms with E-state index in [1.807, 2.05) is 35.1 Å². The Morgan fingerprint density at radius 2 is 1.63 bits per heavy atom. The van der Waals surface area contributed by atoms with Crippen molar-refractivity contribution in [2.45, 2.75) is 58.3 Å². The largest absolute Gasteiger partial charge is 0.417 e. The van der Waals surface area contributed by atoms with E-state index in [1.165, 1.54) is 55.4 Å². The van der Waals surface area contributed by atoms with Gasteiger partial charge in [-0.2, -0.15) is 18.4 Å². The predicted octanol–water partition coefficient (Wildman–Crippen LogP) is 6.03. The van der Waals surface area contributed by atoms with E-state index in [0.29, 0.717) is 75.1 Å². The number of thiocarbonyl (C=S) groups is 1. The molecule has 0 unspecified atom stereocenters. The number of hydrogen-bond donors (Lipinski definition) is 2. The maximum absolute atomic E-state index is 15.6. The second-order valence-electron chi connectivity index (χ2n) is 16.7. The first-order valence-corrected chi connectivity index (χ1v) is 21.4. The molecule has 0 bridgehead atoms. The normalized spacial score (nSPS) is 17.2. The number of hydrogen-bond acceptors (Lipinski definition) is 11. The monoisotopic (exact) mass is 909 g/mol. The van der Waals surface area contributed by atoms with Crippen LogP contribution in [0.2, 0.25) is 0 Å². The van der Waals surface area contributed by atoms with Crippen molar-refractivity contribution >= 4 is 69.1 Å². The zero-order valence-electron chi connectivity index (χ0n) is 35.6. The number of alkyl halides is 3. The number of rotatable bonds is 9. The van der Waals surface area contributed by atoms with Crippen molar-refractivity contribution in [2.24, 2.45) is 5.92 Å². The molecule has 2 aromatic carbocycles. The molecule has 15 nitrogen and oxygen atoms in total. The van der Waals surface area contributed by atoms with Gasteiger partial charge >= 0.3 is 6.18 Å². The maximum Gasteiger partial charge on any atom is 0.417 e. The van der Waals surface area contributed by atoms with Gasteiger partial charge in [-0.15, -0.1) is 0 Å². The van der Waals surface area contributed by atoms with E-state index >= 15 is 4.39 Å². The third-order valence-corrected chi connectivity index (χ3v) is 12.5. The fourth-order valence-electron chi connectivity index (χ4n) is 8.52. The van der Waals surface area contributed by atoms with Crippen LogP contribution in [-0.4, -0.2) is 97.4 Å². The summed E-state index contributed by atoms with van der Waals surface area (Å²) in [4.78, 5) is 77.3. The number of aromatic nitrogens is 4. The number of fused-ring (bicyclic) bond motifs is 1. The molecule has 3 aliphatic heterocycles. The maximum atomic E-state index is 15.6. The number of aryl methyl sites for hydroxylation is 1. The third-order valence-electron chi connectivity index (χ3n) is 12.1. The lowest BCUT2D eigenvalue weighted by atomic mass is 9.95. The Bertz CT molecular complexity index is 2810. The van der Waals surface area contributed by atoms with E-state index in [0.717, 1.165) is 41.2 Å². The highest BCUT2D eigenvalue weighted by atomic mass is 32.1. The van der Waals surface area contributed by atoms with Crippen molar-refractivity contribution in [3.63, 3.8) is 0 Å². The van der Waals surface area contributed by atoms with Crippen LogP contribution in [0, 0.1) is 23.1 Å². The summed E-state index contributed by atoms with van der Waals surface area (Å²) in [6.45, 7) is 9.33. The summed E-state index contributed by atoms with van der Waals surface area (Å²) in [5, 5.41) is 11.6. The molecule has 3 aromatic heterocycles. The molecule has 3 fully saturated rings. The Morgan fingerprint density at radius 3 is 2.28 bits per heavy atom. The SMILES string of the molecule is CCc1cc2ncc(CN3CCN(C(=O)C4CCN(c5ncc(NC(=O)c6ccc(N7C(=S)N(c8ccc(C#N)c(C(F)(F)F)c8)C(=O)C7(C)C)cc6F)cn5)CC4)CC3)cc2[nH]c1=O. The van der Waals surface area contributed by atoms with Gasteiger partial charge in [0.25, 0.3) is 17.4 Å². The second-order valence-corrected chi connectivity index (χ2v) is 17.0. The topological polar surface area (TPSA) is 175 Å². The molecule has 336 valence electrons. The molecule has 8 rings (SSSR count). The van der Waals surface area contributed by atoms with Crippen LogP contribution in [0.1, 0.15) is 66.2 Å². The number of piperidine rings is 1. The van der Waals surface area contributed by atoms with E-state index in [9.17, 15) is 37.6 Å². The van der Waals surface area contributed by atoms with Gasteiger partial charge < -0.3 is 25.0 Å². The highest BCUT2D eigenvalue weighted by Crippen LogP contribution is 2.40. The van der Waals surface area contributed by atoms with Crippen molar-refractivity contribution in [3.05, 3.63) is 111 Å². The van der Waals surface area contributed by atoms with Gasteiger partial charge in [0.05, 0.1) is 57.6 Å². The molecule has 3 saturated heterocycles. The fourth-order valence-corrected chi connectivity index (χ4v) is 9.04. The van der Waals surface area contributed by atoms with Crippen LogP contribution in [0.4, 0.5) is 40.6 Å². The Kier molecular flexibility index (Phi) is 12.1. The fraction of sp³-hybridized carbons (Fsp3) is 0.356. The number of amides is 3. The van der Waals surface area contributed by atoms with E-state index in [1.54, 1.807) is 0 Å². The molecular weight excluding hydrogens is 867 g/mol.